The molecular weight excluding hydrogens is 338 g/mol. The van der Waals surface area contributed by atoms with Crippen molar-refractivity contribution in [3.63, 3.8) is 0 Å². The first-order chi connectivity index (χ1) is 13.1. The van der Waals surface area contributed by atoms with Gasteiger partial charge in [-0.05, 0) is 70.3 Å². The molecule has 1 saturated heterocycles. The van der Waals surface area contributed by atoms with E-state index in [1.165, 1.54) is 5.69 Å². The van der Waals surface area contributed by atoms with Gasteiger partial charge in [0.15, 0.2) is 0 Å². The van der Waals surface area contributed by atoms with E-state index >= 15 is 0 Å². The summed E-state index contributed by atoms with van der Waals surface area (Å²) in [5.41, 5.74) is 3.39. The molecule has 1 unspecified atom stereocenters. The van der Waals surface area contributed by atoms with E-state index in [9.17, 15) is 4.79 Å². The fraction of sp³-hybridized carbons (Fsp3) is 0.571. The number of rotatable bonds is 7. The number of carbonyl (C=O) groups excluding carboxylic acids is 1. The highest BCUT2D eigenvalue weighted by Crippen LogP contribution is 2.46. The van der Waals surface area contributed by atoms with E-state index in [0.29, 0.717) is 0 Å². The van der Waals surface area contributed by atoms with Gasteiger partial charge in [0.2, 0.25) is 5.91 Å². The Balaban J connectivity index is 1.43. The van der Waals surface area contributed by atoms with Gasteiger partial charge < -0.3 is 5.32 Å². The number of hydrogen-bond donors (Lipinski definition) is 1. The molecule has 2 aromatic rings. The SMILES string of the molecule is Cc1cc(C)n(CC2(CNC(=O)C(c3cccnc3)N3CCCC3)CC2)n1. The van der Waals surface area contributed by atoms with Gasteiger partial charge in [-0.15, -0.1) is 0 Å². The number of nitrogens with one attached hydrogen (secondary N) is 1. The molecule has 6 nitrogen and oxygen atoms in total. The average molecular weight is 367 g/mol. The maximum absolute atomic E-state index is 13.1. The zero-order valence-electron chi connectivity index (χ0n) is 16.3. The summed E-state index contributed by atoms with van der Waals surface area (Å²) in [7, 11) is 0. The molecule has 1 amide bonds. The van der Waals surface area contributed by atoms with E-state index in [-0.39, 0.29) is 17.4 Å². The second-order valence-electron chi connectivity index (χ2n) is 8.23. The molecule has 2 aromatic heterocycles. The highest BCUT2D eigenvalue weighted by molar-refractivity contribution is 5.83. The van der Waals surface area contributed by atoms with Crippen LogP contribution in [0.2, 0.25) is 0 Å². The summed E-state index contributed by atoms with van der Waals surface area (Å²) in [6.07, 6.45) is 8.19. The number of aromatic nitrogens is 3. The van der Waals surface area contributed by atoms with Crippen molar-refractivity contribution in [2.24, 2.45) is 5.41 Å². The van der Waals surface area contributed by atoms with Gasteiger partial charge in [0.25, 0.3) is 0 Å². The van der Waals surface area contributed by atoms with E-state index in [1.807, 2.05) is 25.3 Å². The van der Waals surface area contributed by atoms with E-state index in [4.69, 9.17) is 0 Å². The number of amides is 1. The van der Waals surface area contributed by atoms with Crippen LogP contribution in [0.15, 0.2) is 30.6 Å². The van der Waals surface area contributed by atoms with Crippen LogP contribution < -0.4 is 5.32 Å². The predicted molar refractivity (Wildman–Crippen MR) is 104 cm³/mol. The minimum absolute atomic E-state index is 0.101. The summed E-state index contributed by atoms with van der Waals surface area (Å²) < 4.78 is 2.09. The van der Waals surface area contributed by atoms with Gasteiger partial charge in [-0.1, -0.05) is 6.07 Å². The number of nitrogens with zero attached hydrogens (tertiary/aromatic N) is 4. The Morgan fingerprint density at radius 1 is 1.30 bits per heavy atom. The first kappa shape index (κ1) is 18.2. The standard InChI is InChI=1S/C21H29N5O/c1-16-12-17(2)26(24-16)15-21(7-8-21)14-23-20(27)19(25-10-3-4-11-25)18-6-5-9-22-13-18/h5-6,9,12-13,19H,3-4,7-8,10-11,14-15H2,1-2H3,(H,23,27). The molecule has 0 aromatic carbocycles. The molecule has 0 bridgehead atoms. The highest BCUT2D eigenvalue weighted by Gasteiger charge is 2.44. The third-order valence-electron chi connectivity index (χ3n) is 5.94. The minimum atomic E-state index is -0.231. The van der Waals surface area contributed by atoms with Crippen molar-refractivity contribution < 1.29 is 4.79 Å². The minimum Gasteiger partial charge on any atom is -0.354 e. The molecule has 1 aliphatic heterocycles. The van der Waals surface area contributed by atoms with E-state index in [2.05, 4.69) is 38.0 Å². The molecule has 3 heterocycles. The molecule has 1 saturated carbocycles. The van der Waals surface area contributed by atoms with E-state index in [0.717, 1.165) is 63.1 Å². The molecule has 6 heteroatoms. The number of aryl methyl sites for hydroxylation is 2. The zero-order valence-corrected chi connectivity index (χ0v) is 16.3. The molecular formula is C21H29N5O. The lowest BCUT2D eigenvalue weighted by Gasteiger charge is -2.27. The van der Waals surface area contributed by atoms with Crippen molar-refractivity contribution in [2.75, 3.05) is 19.6 Å². The quantitative estimate of drug-likeness (QED) is 0.817. The van der Waals surface area contributed by atoms with Crippen molar-refractivity contribution in [2.45, 2.75) is 52.1 Å². The molecule has 4 rings (SSSR count). The monoisotopic (exact) mass is 367 g/mol. The Bertz CT molecular complexity index is 790. The van der Waals surface area contributed by atoms with E-state index < -0.39 is 0 Å². The molecule has 0 radical (unpaired) electrons. The lowest BCUT2D eigenvalue weighted by molar-refractivity contribution is -0.126. The van der Waals surface area contributed by atoms with Crippen LogP contribution in [-0.4, -0.2) is 45.2 Å². The van der Waals surface area contributed by atoms with Crippen molar-refractivity contribution >= 4 is 5.91 Å². The van der Waals surface area contributed by atoms with Crippen LogP contribution in [0.25, 0.3) is 0 Å². The van der Waals surface area contributed by atoms with E-state index in [1.54, 1.807) is 6.20 Å². The number of carbonyl (C=O) groups is 1. The Labute approximate surface area is 161 Å². The molecule has 1 N–H and O–H groups in total. The van der Waals surface area contributed by atoms with Crippen LogP contribution in [0.3, 0.4) is 0 Å². The largest absolute Gasteiger partial charge is 0.354 e. The third kappa shape index (κ3) is 4.05. The first-order valence-corrected chi connectivity index (χ1v) is 9.99. The van der Waals surface area contributed by atoms with Gasteiger partial charge in [0, 0.05) is 36.6 Å². The van der Waals surface area contributed by atoms with Gasteiger partial charge in [0.1, 0.15) is 6.04 Å². The van der Waals surface area contributed by atoms with Crippen LogP contribution in [0.4, 0.5) is 0 Å². The maximum Gasteiger partial charge on any atom is 0.242 e. The molecule has 27 heavy (non-hydrogen) atoms. The van der Waals surface area contributed by atoms with Gasteiger partial charge in [-0.2, -0.15) is 5.10 Å². The first-order valence-electron chi connectivity index (χ1n) is 9.99. The second-order valence-corrected chi connectivity index (χ2v) is 8.23. The van der Waals surface area contributed by atoms with Gasteiger partial charge in [0.05, 0.1) is 5.69 Å². The Morgan fingerprint density at radius 3 is 2.67 bits per heavy atom. The Kier molecular flexibility index (Phi) is 5.00. The van der Waals surface area contributed by atoms with Crippen LogP contribution in [-0.2, 0) is 11.3 Å². The second kappa shape index (κ2) is 7.43. The maximum atomic E-state index is 13.1. The molecule has 1 aliphatic carbocycles. The lowest BCUT2D eigenvalue weighted by atomic mass is 10.0. The lowest BCUT2D eigenvalue weighted by Crippen LogP contribution is -2.42. The summed E-state index contributed by atoms with van der Waals surface area (Å²) in [5, 5.41) is 7.85. The smallest absolute Gasteiger partial charge is 0.242 e. The summed E-state index contributed by atoms with van der Waals surface area (Å²) in [4.78, 5) is 19.6. The topological polar surface area (TPSA) is 63.1 Å². The van der Waals surface area contributed by atoms with Crippen LogP contribution >= 0.6 is 0 Å². The number of likely N-dealkylation sites (tertiary alicyclic amines) is 1. The fourth-order valence-corrected chi connectivity index (χ4v) is 4.16. The van der Waals surface area contributed by atoms with Gasteiger partial charge >= 0.3 is 0 Å². The number of hydrogen-bond acceptors (Lipinski definition) is 4. The highest BCUT2D eigenvalue weighted by atomic mass is 16.2. The molecule has 2 aliphatic rings. The fourth-order valence-electron chi connectivity index (χ4n) is 4.16. The molecule has 2 fully saturated rings. The van der Waals surface area contributed by atoms with Crippen molar-refractivity contribution in [3.8, 4) is 0 Å². The van der Waals surface area contributed by atoms with Crippen molar-refractivity contribution in [3.05, 3.63) is 47.5 Å². The number of pyridine rings is 1. The van der Waals surface area contributed by atoms with Crippen molar-refractivity contribution in [1.29, 1.82) is 0 Å². The Morgan fingerprint density at radius 2 is 2.07 bits per heavy atom. The third-order valence-corrected chi connectivity index (χ3v) is 5.94. The van der Waals surface area contributed by atoms with Crippen LogP contribution in [0, 0.1) is 19.3 Å². The van der Waals surface area contributed by atoms with Crippen molar-refractivity contribution in [1.82, 2.24) is 25.0 Å². The van der Waals surface area contributed by atoms with Crippen LogP contribution in [0.1, 0.15) is 48.7 Å². The van der Waals surface area contributed by atoms with Crippen LogP contribution in [0.5, 0.6) is 0 Å². The summed E-state index contributed by atoms with van der Waals surface area (Å²) >= 11 is 0. The molecule has 1 atom stereocenters. The Hall–Kier alpha value is -2.21. The average Bonchev–Trinajstić information content (AvgIpc) is 3.06. The molecule has 144 valence electrons. The summed E-state index contributed by atoms with van der Waals surface area (Å²) in [6.45, 7) is 7.68. The summed E-state index contributed by atoms with van der Waals surface area (Å²) in [6, 6.07) is 5.81. The predicted octanol–water partition coefficient (Wildman–Crippen LogP) is 2.63. The van der Waals surface area contributed by atoms with Gasteiger partial charge in [-0.25, -0.2) is 0 Å². The normalized spacial score (nSPS) is 19.8. The zero-order chi connectivity index (χ0) is 18.9. The van der Waals surface area contributed by atoms with Gasteiger partial charge in [-0.3, -0.25) is 19.4 Å². The summed E-state index contributed by atoms with van der Waals surface area (Å²) in [5.74, 6) is 0.101. The molecule has 0 spiro atoms.